The lowest BCUT2D eigenvalue weighted by atomic mass is 10.2. The van der Waals surface area contributed by atoms with E-state index < -0.39 is 18.4 Å². The largest absolute Gasteiger partial charge is 0.452 e. The molecule has 0 saturated carbocycles. The van der Waals surface area contributed by atoms with Gasteiger partial charge in [0.2, 0.25) is 0 Å². The van der Waals surface area contributed by atoms with Crippen molar-refractivity contribution in [2.24, 2.45) is 0 Å². The highest BCUT2D eigenvalue weighted by Crippen LogP contribution is 2.15. The first kappa shape index (κ1) is 17.2. The minimum atomic E-state index is -0.922. The van der Waals surface area contributed by atoms with Crippen molar-refractivity contribution in [2.45, 2.75) is 13.8 Å². The van der Waals surface area contributed by atoms with Crippen LogP contribution in [0.15, 0.2) is 30.4 Å². The van der Waals surface area contributed by atoms with Gasteiger partial charge in [-0.15, -0.1) is 0 Å². The number of hydrogen-bond donors (Lipinski definition) is 0. The summed E-state index contributed by atoms with van der Waals surface area (Å²) in [5.41, 5.74) is 0.524. The van der Waals surface area contributed by atoms with Gasteiger partial charge in [-0.1, -0.05) is 23.8 Å². The highest BCUT2D eigenvalue weighted by molar-refractivity contribution is 6.30. The topological polar surface area (TPSA) is 46.6 Å². The predicted molar refractivity (Wildman–Crippen MR) is 78.8 cm³/mol. The number of benzene rings is 1. The van der Waals surface area contributed by atoms with Gasteiger partial charge >= 0.3 is 5.97 Å². The monoisotopic (exact) mass is 313 g/mol. The van der Waals surface area contributed by atoms with Gasteiger partial charge in [-0.3, -0.25) is 4.79 Å². The fourth-order valence-electron chi connectivity index (χ4n) is 1.65. The summed E-state index contributed by atoms with van der Waals surface area (Å²) >= 11 is 5.69. The molecule has 1 aromatic carbocycles. The van der Waals surface area contributed by atoms with E-state index in [0.29, 0.717) is 13.1 Å². The van der Waals surface area contributed by atoms with Crippen LogP contribution in [-0.2, 0) is 9.53 Å². The molecule has 0 bridgehead atoms. The quantitative estimate of drug-likeness (QED) is 0.599. The van der Waals surface area contributed by atoms with Crippen LogP contribution in [0.25, 0.3) is 0 Å². The summed E-state index contributed by atoms with van der Waals surface area (Å²) in [4.78, 5) is 25.1. The SMILES string of the molecule is C=C(C)CN(CC)C(=O)COC(=O)c1cc(Cl)ccc1F. The van der Waals surface area contributed by atoms with E-state index in [9.17, 15) is 14.0 Å². The number of ether oxygens (including phenoxy) is 1. The first-order valence-corrected chi connectivity index (χ1v) is 6.77. The van der Waals surface area contributed by atoms with E-state index in [1.54, 1.807) is 13.8 Å². The number of carbonyl (C=O) groups excluding carboxylic acids is 2. The van der Waals surface area contributed by atoms with E-state index in [1.165, 1.54) is 11.0 Å². The Hall–Kier alpha value is -1.88. The molecule has 0 N–H and O–H groups in total. The third-order valence-electron chi connectivity index (χ3n) is 2.67. The summed E-state index contributed by atoms with van der Waals surface area (Å²) < 4.78 is 18.3. The number of likely N-dealkylation sites (N-methyl/N-ethyl adjacent to an activating group) is 1. The first-order valence-electron chi connectivity index (χ1n) is 6.39. The molecule has 0 aliphatic rings. The molecule has 0 saturated heterocycles. The predicted octanol–water partition coefficient (Wildman–Crippen LogP) is 3.06. The molecule has 114 valence electrons. The van der Waals surface area contributed by atoms with Crippen LogP contribution >= 0.6 is 11.6 Å². The first-order chi connectivity index (χ1) is 9.85. The summed E-state index contributed by atoms with van der Waals surface area (Å²) in [7, 11) is 0. The van der Waals surface area contributed by atoms with Gasteiger partial charge in [-0.25, -0.2) is 9.18 Å². The molecule has 0 fully saturated rings. The lowest BCUT2D eigenvalue weighted by Gasteiger charge is -2.20. The highest BCUT2D eigenvalue weighted by atomic mass is 35.5. The van der Waals surface area contributed by atoms with Gasteiger partial charge in [0.05, 0.1) is 5.56 Å². The van der Waals surface area contributed by atoms with Gasteiger partial charge in [0.25, 0.3) is 5.91 Å². The van der Waals surface area contributed by atoms with Gasteiger partial charge in [0.1, 0.15) is 5.82 Å². The normalized spacial score (nSPS) is 10.1. The molecule has 0 heterocycles. The van der Waals surface area contributed by atoms with Crippen LogP contribution < -0.4 is 0 Å². The third kappa shape index (κ3) is 5.19. The summed E-state index contributed by atoms with van der Waals surface area (Å²) in [6.45, 7) is 7.73. The molecule has 1 rings (SSSR count). The number of esters is 1. The Kier molecular flexibility index (Phi) is 6.37. The van der Waals surface area contributed by atoms with E-state index >= 15 is 0 Å². The standard InChI is InChI=1S/C15H17ClFNO3/c1-4-18(8-10(2)3)14(19)9-21-15(20)12-7-11(16)5-6-13(12)17/h5-7H,2,4,8-9H2,1,3H3. The molecule has 1 amide bonds. The lowest BCUT2D eigenvalue weighted by Crippen LogP contribution is -2.35. The van der Waals surface area contributed by atoms with Crippen molar-refractivity contribution in [2.75, 3.05) is 19.7 Å². The second-order valence-electron chi connectivity index (χ2n) is 4.57. The number of amides is 1. The number of halogens is 2. The maximum absolute atomic E-state index is 13.5. The molecule has 6 heteroatoms. The fourth-order valence-corrected chi connectivity index (χ4v) is 1.82. The number of rotatable bonds is 6. The molecule has 0 spiro atoms. The van der Waals surface area contributed by atoms with E-state index in [1.807, 2.05) is 0 Å². The van der Waals surface area contributed by atoms with E-state index in [-0.39, 0.29) is 16.5 Å². The van der Waals surface area contributed by atoms with Crippen LogP contribution in [0.5, 0.6) is 0 Å². The Morgan fingerprint density at radius 2 is 2.10 bits per heavy atom. The van der Waals surface area contributed by atoms with Gasteiger partial charge in [-0.2, -0.15) is 0 Å². The molecule has 0 aliphatic heterocycles. The van der Waals surface area contributed by atoms with Gasteiger partial charge in [0, 0.05) is 18.1 Å². The van der Waals surface area contributed by atoms with Crippen LogP contribution in [0.4, 0.5) is 4.39 Å². The van der Waals surface area contributed by atoms with E-state index in [2.05, 4.69) is 6.58 Å². The molecule has 21 heavy (non-hydrogen) atoms. The third-order valence-corrected chi connectivity index (χ3v) is 2.91. The van der Waals surface area contributed by atoms with E-state index in [0.717, 1.165) is 17.7 Å². The van der Waals surface area contributed by atoms with Crippen LogP contribution in [-0.4, -0.2) is 36.5 Å². The Morgan fingerprint density at radius 1 is 1.43 bits per heavy atom. The van der Waals surface area contributed by atoms with Crippen LogP contribution in [0, 0.1) is 5.82 Å². The zero-order valence-electron chi connectivity index (χ0n) is 12.0. The average Bonchev–Trinajstić information content (AvgIpc) is 2.44. The molecule has 0 atom stereocenters. The van der Waals surface area contributed by atoms with Crippen molar-refractivity contribution >= 4 is 23.5 Å². The molecule has 0 unspecified atom stereocenters. The summed E-state index contributed by atoms with van der Waals surface area (Å²) in [5, 5.41) is 0.215. The zero-order chi connectivity index (χ0) is 16.0. The van der Waals surface area contributed by atoms with Crippen molar-refractivity contribution in [1.29, 1.82) is 0 Å². The number of carbonyl (C=O) groups is 2. The van der Waals surface area contributed by atoms with Crippen LogP contribution in [0.3, 0.4) is 0 Å². The molecular weight excluding hydrogens is 297 g/mol. The average molecular weight is 314 g/mol. The Balaban J connectivity index is 2.65. The summed E-state index contributed by atoms with van der Waals surface area (Å²) in [6.07, 6.45) is 0. The lowest BCUT2D eigenvalue weighted by molar-refractivity contribution is -0.133. The number of nitrogens with zero attached hydrogens (tertiary/aromatic N) is 1. The second-order valence-corrected chi connectivity index (χ2v) is 5.00. The van der Waals surface area contributed by atoms with Crippen molar-refractivity contribution < 1.29 is 18.7 Å². The molecule has 0 radical (unpaired) electrons. The summed E-state index contributed by atoms with van der Waals surface area (Å²) in [5.74, 6) is -2.03. The highest BCUT2D eigenvalue weighted by Gasteiger charge is 2.18. The molecule has 4 nitrogen and oxygen atoms in total. The minimum Gasteiger partial charge on any atom is -0.452 e. The maximum Gasteiger partial charge on any atom is 0.341 e. The van der Waals surface area contributed by atoms with Crippen molar-refractivity contribution in [3.8, 4) is 0 Å². The molecular formula is C15H17ClFNO3. The van der Waals surface area contributed by atoms with Crippen molar-refractivity contribution in [3.63, 3.8) is 0 Å². The van der Waals surface area contributed by atoms with Gasteiger partial charge in [-0.05, 0) is 32.0 Å². The van der Waals surface area contributed by atoms with E-state index in [4.69, 9.17) is 16.3 Å². The molecule has 0 aliphatic carbocycles. The summed E-state index contributed by atoms with van der Waals surface area (Å²) in [6, 6.07) is 3.56. The second kappa shape index (κ2) is 7.78. The minimum absolute atomic E-state index is 0.215. The van der Waals surface area contributed by atoms with Crippen LogP contribution in [0.1, 0.15) is 24.2 Å². The van der Waals surface area contributed by atoms with Crippen LogP contribution in [0.2, 0.25) is 5.02 Å². The van der Waals surface area contributed by atoms with Crippen molar-refractivity contribution in [3.05, 3.63) is 46.8 Å². The van der Waals surface area contributed by atoms with Gasteiger partial charge in [0.15, 0.2) is 6.61 Å². The Bertz CT molecular complexity index is 560. The van der Waals surface area contributed by atoms with Crippen molar-refractivity contribution in [1.82, 2.24) is 4.90 Å². The van der Waals surface area contributed by atoms with Gasteiger partial charge < -0.3 is 9.64 Å². The zero-order valence-corrected chi connectivity index (χ0v) is 12.7. The number of hydrogen-bond acceptors (Lipinski definition) is 3. The Morgan fingerprint density at radius 3 is 2.67 bits per heavy atom. The fraction of sp³-hybridized carbons (Fsp3) is 0.333. The molecule has 1 aromatic rings. The Labute approximate surface area is 128 Å². The smallest absolute Gasteiger partial charge is 0.341 e. The maximum atomic E-state index is 13.5. The molecule has 0 aromatic heterocycles.